The number of aliphatic hydroxyl groups is 1. The number of anilines is 1. The number of benzene rings is 2. The number of morpholine rings is 1. The molecule has 0 spiro atoms. The largest absolute Gasteiger partial charge is 0.445 e. The molecule has 4 fully saturated rings. The van der Waals surface area contributed by atoms with E-state index >= 15 is 0 Å². The van der Waals surface area contributed by atoms with E-state index in [1.807, 2.05) is 32.0 Å². The number of halogens is 3. The summed E-state index contributed by atoms with van der Waals surface area (Å²) >= 11 is 0. The van der Waals surface area contributed by atoms with Crippen molar-refractivity contribution in [3.8, 4) is 0 Å². The van der Waals surface area contributed by atoms with Crippen molar-refractivity contribution in [3.05, 3.63) is 65.7 Å². The van der Waals surface area contributed by atoms with Gasteiger partial charge in [-0.25, -0.2) is 4.79 Å². The summed E-state index contributed by atoms with van der Waals surface area (Å²) in [6, 6.07) is 7.04. The van der Waals surface area contributed by atoms with Gasteiger partial charge in [-0.2, -0.15) is 13.2 Å². The average Bonchev–Trinajstić information content (AvgIpc) is 1.57. The first kappa shape index (κ1) is 94.1. The summed E-state index contributed by atoms with van der Waals surface area (Å²) in [5.41, 5.74) is 1.25. The lowest BCUT2D eigenvalue weighted by Crippen LogP contribution is -2.60. The summed E-state index contributed by atoms with van der Waals surface area (Å²) in [6.07, 6.45) is 4.36. The smallest absolute Gasteiger partial charge is 0.410 e. The lowest BCUT2D eigenvalue weighted by molar-refractivity contribution is -0.161. The Morgan fingerprint density at radius 1 is 0.688 bits per heavy atom. The number of methoxy groups -OCH3 is 2. The van der Waals surface area contributed by atoms with Crippen molar-refractivity contribution < 1.29 is 80.4 Å². The van der Waals surface area contributed by atoms with E-state index in [9.17, 15) is 61.4 Å². The van der Waals surface area contributed by atoms with Crippen molar-refractivity contribution >= 4 is 59.0 Å². The number of rotatable bonds is 44. The van der Waals surface area contributed by atoms with E-state index in [4.69, 9.17) is 18.9 Å². The van der Waals surface area contributed by atoms with Gasteiger partial charge in [0.1, 0.15) is 30.8 Å². The van der Waals surface area contributed by atoms with E-state index in [-0.39, 0.29) is 86.1 Å². The molecule has 6 N–H and O–H groups in total. The Morgan fingerprint density at radius 3 is 1.92 bits per heavy atom. The van der Waals surface area contributed by atoms with Crippen LogP contribution in [0.15, 0.2) is 54.6 Å². The summed E-state index contributed by atoms with van der Waals surface area (Å²) in [5.74, 6) is -5.73. The monoisotopic (exact) mass is 1580 g/mol. The number of likely N-dealkylation sites (tertiary alicyclic amines) is 2. The molecule has 2 unspecified atom stereocenters. The van der Waals surface area contributed by atoms with Crippen LogP contribution < -0.4 is 26.6 Å². The van der Waals surface area contributed by atoms with Crippen LogP contribution in [-0.4, -0.2) is 224 Å². The van der Waals surface area contributed by atoms with E-state index in [0.717, 1.165) is 44.9 Å². The molecule has 632 valence electrons. The first-order valence-corrected chi connectivity index (χ1v) is 41.7. The van der Waals surface area contributed by atoms with Gasteiger partial charge in [-0.05, 0) is 136 Å². The Kier molecular flexibility index (Phi) is 38.2. The third-order valence-electron chi connectivity index (χ3n) is 24.4. The Hall–Kier alpha value is -6.78. The normalized spacial score (nSPS) is 20.6. The standard InChI is InChI=1S/C85H137F3N10O14/c1-17-43-84(19-3,62-34-26-20-21-27-35-62)64-51-69(99)98(81(64)106)45-29-23-28-38-68(85(86,87)88)92-71(54(4)5)79(104)91-65(36-30-44-96-47-49-111-50-48-96)78(103)90-63-41-39-60(40-42-63)53-112-83(108)95(14)73(56(8)9)80(105)93-72(55(6)7)82(107)94(13)74(57(10)18-2)67(109-15)52-70(100)97-46-31-37-66(97)76(110-16)58(11)77(102)89-59(12)75(101)61-32-24-22-25-33-61/h22,24-25,32-33,39-42,54-59,62,64-68,71-76,92,101H,17-21,23,26-31,34-38,43-53H2,1-16H3,(H,89,102)(H,90,103)(H,91,104)(H,93,105)/t57-,58+,59+,64?,65-,66-,67+,68-,71-,72-,73-,74-,75+,76+,84?/m0/s1. The van der Waals surface area contributed by atoms with Gasteiger partial charge in [0.25, 0.3) is 0 Å². The third kappa shape index (κ3) is 25.9. The van der Waals surface area contributed by atoms with Crippen LogP contribution in [-0.2, 0) is 63.9 Å². The minimum Gasteiger partial charge on any atom is -0.445 e. The predicted molar refractivity (Wildman–Crippen MR) is 426 cm³/mol. The van der Waals surface area contributed by atoms with Crippen molar-refractivity contribution in [2.75, 3.05) is 79.6 Å². The summed E-state index contributed by atoms with van der Waals surface area (Å²) < 4.78 is 68.3. The van der Waals surface area contributed by atoms with Crippen LogP contribution in [0.3, 0.4) is 0 Å². The third-order valence-corrected chi connectivity index (χ3v) is 24.4. The number of nitrogens with one attached hydrogen (secondary N) is 5. The van der Waals surface area contributed by atoms with Crippen LogP contribution in [0.5, 0.6) is 0 Å². The molecule has 1 saturated carbocycles. The zero-order valence-electron chi connectivity index (χ0n) is 70.0. The average molecular weight is 1580 g/mol. The number of hydrogen-bond donors (Lipinski definition) is 6. The number of carbonyl (C=O) groups excluding carboxylic acids is 9. The maximum atomic E-state index is 15.0. The minimum atomic E-state index is -4.73. The van der Waals surface area contributed by atoms with Crippen molar-refractivity contribution in [1.29, 1.82) is 0 Å². The van der Waals surface area contributed by atoms with E-state index in [1.54, 1.807) is 109 Å². The molecule has 0 radical (unpaired) electrons. The quantitative estimate of drug-likeness (QED) is 0.0204. The molecule has 2 aromatic carbocycles. The molecule has 3 aliphatic heterocycles. The molecule has 2 aromatic rings. The van der Waals surface area contributed by atoms with Crippen LogP contribution in [0.25, 0.3) is 0 Å². The Morgan fingerprint density at radius 2 is 1.34 bits per heavy atom. The second-order valence-corrected chi connectivity index (χ2v) is 33.2. The number of likely N-dealkylation sites (N-methyl/N-ethyl adjacent to an activating group) is 2. The highest BCUT2D eigenvalue weighted by molar-refractivity contribution is 6.04. The maximum Gasteiger partial charge on any atom is 0.410 e. The van der Waals surface area contributed by atoms with E-state index in [0.29, 0.717) is 101 Å². The fourth-order valence-electron chi connectivity index (χ4n) is 17.7. The second kappa shape index (κ2) is 45.5. The number of unbranched alkanes of at least 4 members (excludes halogenated alkanes) is 2. The molecule has 4 aliphatic rings. The van der Waals surface area contributed by atoms with E-state index < -0.39 is 126 Å². The van der Waals surface area contributed by atoms with E-state index in [1.165, 1.54) is 43.9 Å². The Balaban J connectivity index is 1.05. The van der Waals surface area contributed by atoms with Gasteiger partial charge < -0.3 is 55.1 Å². The molecular weight excluding hydrogens is 1440 g/mol. The van der Waals surface area contributed by atoms with Gasteiger partial charge in [0.2, 0.25) is 47.3 Å². The van der Waals surface area contributed by atoms with Crippen LogP contribution in [0, 0.1) is 46.8 Å². The van der Waals surface area contributed by atoms with Gasteiger partial charge in [-0.1, -0.05) is 170 Å². The first-order valence-electron chi connectivity index (χ1n) is 41.7. The molecule has 3 heterocycles. The first-order chi connectivity index (χ1) is 53.2. The van der Waals surface area contributed by atoms with Gasteiger partial charge >= 0.3 is 12.3 Å². The van der Waals surface area contributed by atoms with Crippen LogP contribution in [0.2, 0.25) is 0 Å². The Bertz CT molecular complexity index is 3280. The molecule has 6 rings (SSSR count). The summed E-state index contributed by atoms with van der Waals surface area (Å²) in [5, 5.41) is 25.2. The molecule has 0 bridgehead atoms. The molecule has 15 atom stereocenters. The molecule has 27 heteroatoms. The minimum absolute atomic E-state index is 0.0992. The van der Waals surface area contributed by atoms with Crippen LogP contribution in [0.4, 0.5) is 23.7 Å². The SMILES string of the molecule is CCCC(CC)(C1CCCCCC1)C1CC(=O)N(CCCCC[C@H](N[C@H](C(=O)N[C@@H](CCCN2CCOCC2)C(=O)Nc2ccc(COC(=O)N(C)[C@H](C(=O)N[C@H](C(=O)N(C)[C@@H]([C@@H](C)CC)[C@@H](CC(=O)N3CCC[C@H]3[C@H](OC)[C@@H](C)C(=O)N[C@H](C)[C@@H](O)c3ccccc3)OC)C(C)C)C(C)C)cc2)C(C)C)C(F)(F)F)C1=O. The van der Waals surface area contributed by atoms with Crippen molar-refractivity contribution in [2.45, 2.75) is 291 Å². The summed E-state index contributed by atoms with van der Waals surface area (Å²) in [4.78, 5) is 136. The number of amides is 9. The maximum absolute atomic E-state index is 15.0. The van der Waals surface area contributed by atoms with Crippen molar-refractivity contribution in [2.24, 2.45) is 46.8 Å². The van der Waals surface area contributed by atoms with Crippen molar-refractivity contribution in [3.63, 3.8) is 0 Å². The van der Waals surface area contributed by atoms with Gasteiger partial charge in [-0.3, -0.25) is 58.4 Å². The highest BCUT2D eigenvalue weighted by atomic mass is 19.4. The molecule has 0 aromatic heterocycles. The van der Waals surface area contributed by atoms with Crippen molar-refractivity contribution in [1.82, 2.24) is 45.8 Å². The van der Waals surface area contributed by atoms with Crippen LogP contribution in [0.1, 0.15) is 229 Å². The number of carbonyl (C=O) groups is 9. The molecule has 112 heavy (non-hydrogen) atoms. The second-order valence-electron chi connectivity index (χ2n) is 33.2. The molecule has 1 aliphatic carbocycles. The van der Waals surface area contributed by atoms with Gasteiger partial charge in [-0.15, -0.1) is 0 Å². The fourth-order valence-corrected chi connectivity index (χ4v) is 17.7. The topological polar surface area (TPSA) is 287 Å². The number of imide groups is 1. The number of nitrogens with zero attached hydrogens (tertiary/aromatic N) is 5. The number of alkyl halides is 3. The highest BCUT2D eigenvalue weighted by Crippen LogP contribution is 2.52. The molecular formula is C85H137F3N10O14. The van der Waals surface area contributed by atoms with Gasteiger partial charge in [0.15, 0.2) is 0 Å². The predicted octanol–water partition coefficient (Wildman–Crippen LogP) is 11.8. The molecule has 24 nitrogen and oxygen atoms in total. The lowest BCUT2D eigenvalue weighted by Gasteiger charge is -2.44. The van der Waals surface area contributed by atoms with E-state index in [2.05, 4.69) is 45.3 Å². The highest BCUT2D eigenvalue weighted by Gasteiger charge is 2.53. The summed E-state index contributed by atoms with van der Waals surface area (Å²) in [6.45, 7) is 25.5. The van der Waals surface area contributed by atoms with Gasteiger partial charge in [0.05, 0.1) is 73.9 Å². The number of ether oxygens (including phenoxy) is 4. The number of aliphatic hydroxyl groups excluding tert-OH is 1. The fraction of sp³-hybridized carbons (Fsp3) is 0.753. The molecule has 9 amide bonds. The summed E-state index contributed by atoms with van der Waals surface area (Å²) in [7, 11) is 6.09. The lowest BCUT2D eigenvalue weighted by atomic mass is 9.59. The van der Waals surface area contributed by atoms with Crippen LogP contribution >= 0.6 is 0 Å². The zero-order chi connectivity index (χ0) is 82.7. The molecule has 3 saturated heterocycles. The Labute approximate surface area is 665 Å². The zero-order valence-corrected chi connectivity index (χ0v) is 70.0. The number of hydrogen-bond acceptors (Lipinski definition) is 16. The van der Waals surface area contributed by atoms with Gasteiger partial charge in [0, 0.05) is 66.6 Å².